The van der Waals surface area contributed by atoms with E-state index in [2.05, 4.69) is 10.3 Å². The fraction of sp³-hybridized carbons (Fsp3) is 0.400. The molecule has 1 aromatic heterocycles. The smallest absolute Gasteiger partial charge is 0.396 e. The first-order chi connectivity index (χ1) is 15.2. The Kier molecular flexibility index (Phi) is 6.30. The van der Waals surface area contributed by atoms with Crippen LogP contribution in [0.2, 0.25) is 0 Å². The van der Waals surface area contributed by atoms with E-state index in [9.17, 15) is 31.0 Å². The SMILES string of the molecule is COc1c(N2CC(C)(C(F)(F)F)CC2C(=O)Nc2ccnc([S@](C)(=N)=O)c2)ccc(F)c1F. The highest BCUT2D eigenvalue weighted by atomic mass is 32.2. The number of hydrogen-bond acceptors (Lipinski definition) is 6. The van der Waals surface area contributed by atoms with Crippen molar-refractivity contribution in [3.05, 3.63) is 42.1 Å². The number of aromatic nitrogens is 1. The molecule has 1 fully saturated rings. The Balaban J connectivity index is 2.02. The number of pyridine rings is 1. The maximum Gasteiger partial charge on any atom is 0.396 e. The third kappa shape index (κ3) is 4.72. The van der Waals surface area contributed by atoms with Crippen LogP contribution in [0.1, 0.15) is 13.3 Å². The summed E-state index contributed by atoms with van der Waals surface area (Å²) in [6.45, 7) is 0.240. The summed E-state index contributed by atoms with van der Waals surface area (Å²) >= 11 is 0. The Labute approximate surface area is 186 Å². The number of alkyl halides is 3. The highest BCUT2D eigenvalue weighted by Gasteiger charge is 2.59. The molecule has 1 aliphatic heterocycles. The van der Waals surface area contributed by atoms with E-state index < -0.39 is 63.6 Å². The number of amides is 1. The first kappa shape index (κ1) is 24.7. The number of methoxy groups -OCH3 is 1. The Bertz CT molecular complexity index is 1190. The Morgan fingerprint density at radius 1 is 1.33 bits per heavy atom. The summed E-state index contributed by atoms with van der Waals surface area (Å²) < 4.78 is 93.8. The zero-order valence-corrected chi connectivity index (χ0v) is 18.6. The second kappa shape index (κ2) is 8.43. The summed E-state index contributed by atoms with van der Waals surface area (Å²) in [5.74, 6) is -4.12. The Morgan fingerprint density at radius 3 is 2.58 bits per heavy atom. The van der Waals surface area contributed by atoms with E-state index in [0.29, 0.717) is 0 Å². The van der Waals surface area contributed by atoms with Gasteiger partial charge in [-0.3, -0.25) is 4.79 Å². The van der Waals surface area contributed by atoms with Crippen LogP contribution in [0.5, 0.6) is 5.75 Å². The molecule has 3 rings (SSSR count). The fourth-order valence-electron chi connectivity index (χ4n) is 3.65. The molecule has 0 radical (unpaired) electrons. The molecule has 1 saturated heterocycles. The summed E-state index contributed by atoms with van der Waals surface area (Å²) in [5.41, 5.74) is -2.46. The minimum Gasteiger partial charge on any atom is -0.491 e. The molecule has 2 heterocycles. The van der Waals surface area contributed by atoms with Crippen molar-refractivity contribution < 1.29 is 35.7 Å². The van der Waals surface area contributed by atoms with Gasteiger partial charge in [-0.25, -0.2) is 18.4 Å². The molecule has 1 aliphatic rings. The standard InChI is InChI=1S/C20H21F5N4O3S/c1-19(20(23,24)25)9-14(18(30)28-11-6-7-27-15(8-11)33(3,26)31)29(10-19)13-5-4-12(21)16(22)17(13)32-2/h4-8,14,26H,9-10H2,1-3H3,(H,27,28,30)/t14?,19?,33-/m1/s1. The second-order valence-corrected chi connectivity index (χ2v) is 10.1. The van der Waals surface area contributed by atoms with Crippen molar-refractivity contribution in [2.24, 2.45) is 5.41 Å². The topological polar surface area (TPSA) is 95.4 Å². The van der Waals surface area contributed by atoms with Gasteiger partial charge in [-0.2, -0.15) is 17.6 Å². The molecule has 2 N–H and O–H groups in total. The molecule has 180 valence electrons. The molecule has 1 amide bonds. The summed E-state index contributed by atoms with van der Waals surface area (Å²) in [6.07, 6.45) is -3.02. The maximum atomic E-state index is 14.3. The van der Waals surface area contributed by atoms with E-state index >= 15 is 0 Å². The second-order valence-electron chi connectivity index (χ2n) is 8.04. The van der Waals surface area contributed by atoms with Crippen molar-refractivity contribution in [3.8, 4) is 5.75 Å². The van der Waals surface area contributed by atoms with Crippen LogP contribution in [0.3, 0.4) is 0 Å². The predicted molar refractivity (Wildman–Crippen MR) is 111 cm³/mol. The largest absolute Gasteiger partial charge is 0.491 e. The molecule has 7 nitrogen and oxygen atoms in total. The average Bonchev–Trinajstić information content (AvgIpc) is 3.08. The molecule has 3 atom stereocenters. The summed E-state index contributed by atoms with van der Waals surface area (Å²) in [4.78, 5) is 17.9. The van der Waals surface area contributed by atoms with Gasteiger partial charge in [0.25, 0.3) is 0 Å². The minimum atomic E-state index is -4.69. The van der Waals surface area contributed by atoms with Gasteiger partial charge in [-0.05, 0) is 37.6 Å². The number of halogens is 5. The fourth-order valence-corrected chi connectivity index (χ4v) is 4.26. The number of carbonyl (C=O) groups is 1. The van der Waals surface area contributed by atoms with Crippen LogP contribution in [-0.4, -0.2) is 47.2 Å². The van der Waals surface area contributed by atoms with Gasteiger partial charge >= 0.3 is 6.18 Å². The number of rotatable bonds is 5. The van der Waals surface area contributed by atoms with Gasteiger partial charge in [0.05, 0.1) is 27.9 Å². The van der Waals surface area contributed by atoms with Crippen molar-refractivity contribution in [1.29, 1.82) is 4.78 Å². The lowest BCUT2D eigenvalue weighted by Crippen LogP contribution is -2.40. The zero-order chi connectivity index (χ0) is 24.8. The number of nitrogens with zero attached hydrogens (tertiary/aromatic N) is 2. The molecule has 0 bridgehead atoms. The monoisotopic (exact) mass is 492 g/mol. The highest BCUT2D eigenvalue weighted by molar-refractivity contribution is 7.91. The molecule has 2 unspecified atom stereocenters. The van der Waals surface area contributed by atoms with Crippen molar-refractivity contribution in [1.82, 2.24) is 4.98 Å². The molecule has 0 saturated carbocycles. The highest BCUT2D eigenvalue weighted by Crippen LogP contribution is 2.50. The normalized spacial score (nSPS) is 22.7. The van der Waals surface area contributed by atoms with Crippen molar-refractivity contribution in [2.45, 2.75) is 30.6 Å². The number of ether oxygens (including phenoxy) is 1. The Hall–Kier alpha value is -2.96. The van der Waals surface area contributed by atoms with Crippen LogP contribution in [0.15, 0.2) is 35.5 Å². The van der Waals surface area contributed by atoms with Gasteiger partial charge in [0.15, 0.2) is 11.6 Å². The number of carbonyl (C=O) groups excluding carboxylic acids is 1. The van der Waals surface area contributed by atoms with Crippen LogP contribution >= 0.6 is 0 Å². The van der Waals surface area contributed by atoms with E-state index in [-0.39, 0.29) is 16.4 Å². The molecule has 1 aromatic carbocycles. The number of nitrogens with one attached hydrogen (secondary N) is 2. The van der Waals surface area contributed by atoms with Crippen LogP contribution in [-0.2, 0) is 14.5 Å². The minimum absolute atomic E-state index is 0.0737. The molecule has 0 aliphatic carbocycles. The summed E-state index contributed by atoms with van der Waals surface area (Å²) in [5, 5.41) is 2.32. The maximum absolute atomic E-state index is 14.3. The van der Waals surface area contributed by atoms with Crippen molar-refractivity contribution >= 4 is 27.0 Å². The van der Waals surface area contributed by atoms with Gasteiger partial charge in [0, 0.05) is 24.7 Å². The lowest BCUT2D eigenvalue weighted by Gasteiger charge is -2.29. The van der Waals surface area contributed by atoms with Crippen molar-refractivity contribution in [3.63, 3.8) is 0 Å². The Morgan fingerprint density at radius 2 is 2.00 bits per heavy atom. The van der Waals surface area contributed by atoms with E-state index in [4.69, 9.17) is 9.52 Å². The van der Waals surface area contributed by atoms with E-state index in [1.54, 1.807) is 0 Å². The number of anilines is 2. The zero-order valence-electron chi connectivity index (χ0n) is 17.8. The third-order valence-electron chi connectivity index (χ3n) is 5.47. The molecular formula is C20H21F5N4O3S. The number of benzene rings is 1. The molecule has 33 heavy (non-hydrogen) atoms. The lowest BCUT2D eigenvalue weighted by molar-refractivity contribution is -0.210. The summed E-state index contributed by atoms with van der Waals surface area (Å²) in [6, 6.07) is 2.89. The molecular weight excluding hydrogens is 471 g/mol. The summed E-state index contributed by atoms with van der Waals surface area (Å²) in [7, 11) is -2.17. The molecule has 2 aromatic rings. The van der Waals surface area contributed by atoms with E-state index in [1.807, 2.05) is 0 Å². The van der Waals surface area contributed by atoms with Crippen molar-refractivity contribution in [2.75, 3.05) is 30.1 Å². The average molecular weight is 492 g/mol. The van der Waals surface area contributed by atoms with Gasteiger partial charge < -0.3 is 15.0 Å². The quantitative estimate of drug-likeness (QED) is 0.611. The van der Waals surface area contributed by atoms with Gasteiger partial charge in [0.2, 0.25) is 11.7 Å². The predicted octanol–water partition coefficient (Wildman–Crippen LogP) is 4.19. The van der Waals surface area contributed by atoms with Crippen LogP contribution in [0.4, 0.5) is 33.3 Å². The first-order valence-corrected chi connectivity index (χ1v) is 11.5. The van der Waals surface area contributed by atoms with Crippen LogP contribution in [0.25, 0.3) is 0 Å². The lowest BCUT2D eigenvalue weighted by atomic mass is 9.87. The molecule has 0 spiro atoms. The van der Waals surface area contributed by atoms with E-state index in [1.165, 1.54) is 18.3 Å². The van der Waals surface area contributed by atoms with Crippen LogP contribution in [0, 0.1) is 21.8 Å². The first-order valence-electron chi connectivity index (χ1n) is 9.54. The van der Waals surface area contributed by atoms with Gasteiger partial charge in [-0.15, -0.1) is 0 Å². The van der Waals surface area contributed by atoms with E-state index in [0.717, 1.165) is 37.3 Å². The van der Waals surface area contributed by atoms with Crippen LogP contribution < -0.4 is 15.0 Å². The van der Waals surface area contributed by atoms with Gasteiger partial charge in [-0.1, -0.05) is 0 Å². The third-order valence-corrected chi connectivity index (χ3v) is 6.49. The number of hydrogen-bond donors (Lipinski definition) is 2. The van der Waals surface area contributed by atoms with Gasteiger partial charge in [0.1, 0.15) is 11.1 Å². The molecule has 13 heteroatoms.